The van der Waals surface area contributed by atoms with Crippen LogP contribution < -0.4 is 15.0 Å². The number of rotatable bonds is 4. The molecule has 1 N–H and O–H groups in total. The zero-order chi connectivity index (χ0) is 18.5. The number of piperazine rings is 1. The predicted molar refractivity (Wildman–Crippen MR) is 107 cm³/mol. The number of nitrogens with zero attached hydrogens (tertiary/aromatic N) is 2. The lowest BCUT2D eigenvalue weighted by Gasteiger charge is -2.36. The zero-order valence-corrected chi connectivity index (χ0v) is 15.9. The van der Waals surface area contributed by atoms with Crippen LogP contribution in [-0.2, 0) is 0 Å². The third-order valence-electron chi connectivity index (χ3n) is 4.50. The lowest BCUT2D eigenvalue weighted by atomic mass is 10.2. The quantitative estimate of drug-likeness (QED) is 0.863. The van der Waals surface area contributed by atoms with Crippen molar-refractivity contribution in [3.63, 3.8) is 0 Å². The Labute approximate surface area is 159 Å². The van der Waals surface area contributed by atoms with Gasteiger partial charge in [-0.2, -0.15) is 0 Å². The molecule has 5 nitrogen and oxygen atoms in total. The van der Waals surface area contributed by atoms with Gasteiger partial charge in [0.1, 0.15) is 5.75 Å². The Morgan fingerprint density at radius 1 is 1.12 bits per heavy atom. The van der Waals surface area contributed by atoms with Gasteiger partial charge in [-0.05, 0) is 55.8 Å². The highest BCUT2D eigenvalue weighted by Gasteiger charge is 2.21. The Morgan fingerprint density at radius 3 is 2.42 bits per heavy atom. The van der Waals surface area contributed by atoms with Crippen LogP contribution in [0.4, 0.5) is 16.2 Å². The van der Waals surface area contributed by atoms with Gasteiger partial charge in [-0.25, -0.2) is 4.79 Å². The maximum Gasteiger partial charge on any atom is 0.321 e. The van der Waals surface area contributed by atoms with E-state index in [9.17, 15) is 4.79 Å². The van der Waals surface area contributed by atoms with E-state index in [1.54, 1.807) is 6.07 Å². The Morgan fingerprint density at radius 2 is 1.81 bits per heavy atom. The molecular formula is C20H24ClN3O2. The molecule has 3 rings (SSSR count). The molecule has 0 aliphatic carbocycles. The van der Waals surface area contributed by atoms with Gasteiger partial charge in [-0.1, -0.05) is 17.7 Å². The Hall–Kier alpha value is -2.40. The number of halogens is 1. The molecule has 138 valence electrons. The van der Waals surface area contributed by atoms with Crippen LogP contribution in [0.1, 0.15) is 12.5 Å². The minimum Gasteiger partial charge on any atom is -0.494 e. The number of anilines is 2. The van der Waals surface area contributed by atoms with Gasteiger partial charge in [-0.15, -0.1) is 0 Å². The molecule has 2 aromatic carbocycles. The molecule has 1 saturated heterocycles. The summed E-state index contributed by atoms with van der Waals surface area (Å²) in [6.07, 6.45) is 0. The van der Waals surface area contributed by atoms with E-state index in [0.29, 0.717) is 24.7 Å². The van der Waals surface area contributed by atoms with E-state index in [4.69, 9.17) is 16.3 Å². The average molecular weight is 374 g/mol. The monoisotopic (exact) mass is 373 g/mol. The molecule has 0 spiro atoms. The molecular weight excluding hydrogens is 350 g/mol. The van der Waals surface area contributed by atoms with Gasteiger partial charge in [0.25, 0.3) is 0 Å². The van der Waals surface area contributed by atoms with Crippen molar-refractivity contribution in [3.8, 4) is 5.75 Å². The molecule has 0 atom stereocenters. The van der Waals surface area contributed by atoms with Crippen LogP contribution in [0.5, 0.6) is 5.75 Å². The molecule has 2 aromatic rings. The van der Waals surface area contributed by atoms with E-state index in [0.717, 1.165) is 35.8 Å². The summed E-state index contributed by atoms with van der Waals surface area (Å²) >= 11 is 6.12. The number of carbonyl (C=O) groups is 1. The number of carbonyl (C=O) groups excluding carboxylic acids is 1. The number of amides is 2. The largest absolute Gasteiger partial charge is 0.494 e. The summed E-state index contributed by atoms with van der Waals surface area (Å²) in [5.41, 5.74) is 2.87. The maximum absolute atomic E-state index is 12.5. The highest BCUT2D eigenvalue weighted by molar-refractivity contribution is 6.31. The molecule has 1 fully saturated rings. The predicted octanol–water partition coefficient (Wildman–Crippen LogP) is 4.40. The van der Waals surface area contributed by atoms with Crippen LogP contribution in [-0.4, -0.2) is 43.7 Å². The fraction of sp³-hybridized carbons (Fsp3) is 0.350. The molecule has 6 heteroatoms. The molecule has 0 unspecified atom stereocenters. The topological polar surface area (TPSA) is 44.8 Å². The minimum absolute atomic E-state index is 0.0868. The van der Waals surface area contributed by atoms with E-state index < -0.39 is 0 Å². The van der Waals surface area contributed by atoms with Crippen molar-refractivity contribution in [3.05, 3.63) is 53.1 Å². The van der Waals surface area contributed by atoms with E-state index >= 15 is 0 Å². The fourth-order valence-corrected chi connectivity index (χ4v) is 3.14. The van der Waals surface area contributed by atoms with Crippen LogP contribution in [0.2, 0.25) is 5.02 Å². The fourth-order valence-electron chi connectivity index (χ4n) is 2.96. The second kappa shape index (κ2) is 8.32. The van der Waals surface area contributed by atoms with Gasteiger partial charge in [0, 0.05) is 42.6 Å². The molecule has 0 aromatic heterocycles. The first-order valence-electron chi connectivity index (χ1n) is 8.86. The zero-order valence-electron chi connectivity index (χ0n) is 15.2. The SMILES string of the molecule is CCOc1ccc(N2CCN(C(=O)Nc3ccc(C)c(Cl)c3)CC2)cc1. The van der Waals surface area contributed by atoms with Crippen molar-refractivity contribution < 1.29 is 9.53 Å². The van der Waals surface area contributed by atoms with Crippen LogP contribution >= 0.6 is 11.6 Å². The molecule has 0 radical (unpaired) electrons. The summed E-state index contributed by atoms with van der Waals surface area (Å²) in [5.74, 6) is 0.881. The summed E-state index contributed by atoms with van der Waals surface area (Å²) < 4.78 is 5.48. The molecule has 1 aliphatic rings. The number of ether oxygens (including phenoxy) is 1. The summed E-state index contributed by atoms with van der Waals surface area (Å²) in [5, 5.41) is 3.58. The second-order valence-corrected chi connectivity index (χ2v) is 6.70. The van der Waals surface area contributed by atoms with Crippen molar-refractivity contribution in [2.45, 2.75) is 13.8 Å². The average Bonchev–Trinajstić information content (AvgIpc) is 2.66. The molecule has 26 heavy (non-hydrogen) atoms. The first-order chi connectivity index (χ1) is 12.6. The molecule has 1 aliphatic heterocycles. The second-order valence-electron chi connectivity index (χ2n) is 6.30. The summed E-state index contributed by atoms with van der Waals surface area (Å²) in [4.78, 5) is 16.6. The Balaban J connectivity index is 1.54. The van der Waals surface area contributed by atoms with Crippen LogP contribution in [0.15, 0.2) is 42.5 Å². The summed E-state index contributed by atoms with van der Waals surface area (Å²) in [6.45, 7) is 7.54. The van der Waals surface area contributed by atoms with Crippen molar-refractivity contribution in [2.75, 3.05) is 43.0 Å². The lowest BCUT2D eigenvalue weighted by Crippen LogP contribution is -2.50. The first kappa shape index (κ1) is 18.4. The summed E-state index contributed by atoms with van der Waals surface area (Å²) in [7, 11) is 0. The molecule has 0 saturated carbocycles. The van der Waals surface area contributed by atoms with E-state index in [1.165, 1.54) is 0 Å². The maximum atomic E-state index is 12.5. The highest BCUT2D eigenvalue weighted by atomic mass is 35.5. The van der Waals surface area contributed by atoms with Crippen molar-refractivity contribution in [1.29, 1.82) is 0 Å². The third-order valence-corrected chi connectivity index (χ3v) is 4.91. The van der Waals surface area contributed by atoms with Crippen LogP contribution in [0.3, 0.4) is 0 Å². The number of hydrogen-bond acceptors (Lipinski definition) is 3. The number of aryl methyl sites for hydroxylation is 1. The third kappa shape index (κ3) is 4.41. The number of nitrogens with one attached hydrogen (secondary N) is 1. The van der Waals surface area contributed by atoms with Gasteiger partial charge in [0.15, 0.2) is 0 Å². The number of urea groups is 1. The first-order valence-corrected chi connectivity index (χ1v) is 9.24. The van der Waals surface area contributed by atoms with E-state index in [1.807, 2.05) is 43.0 Å². The lowest BCUT2D eigenvalue weighted by molar-refractivity contribution is 0.208. The molecule has 2 amide bonds. The number of hydrogen-bond donors (Lipinski definition) is 1. The van der Waals surface area contributed by atoms with Crippen molar-refractivity contribution in [1.82, 2.24) is 4.90 Å². The standard InChI is InChI=1S/C20H24ClN3O2/c1-3-26-18-8-6-17(7-9-18)23-10-12-24(13-11-23)20(25)22-16-5-4-15(2)19(21)14-16/h4-9,14H,3,10-13H2,1-2H3,(H,22,25). The van der Waals surface area contributed by atoms with Gasteiger partial charge in [0.2, 0.25) is 0 Å². The number of benzene rings is 2. The Bertz CT molecular complexity index is 756. The van der Waals surface area contributed by atoms with Gasteiger partial charge < -0.3 is 19.9 Å². The van der Waals surface area contributed by atoms with Crippen LogP contribution in [0, 0.1) is 6.92 Å². The van der Waals surface area contributed by atoms with Crippen molar-refractivity contribution >= 4 is 29.0 Å². The van der Waals surface area contributed by atoms with Gasteiger partial charge >= 0.3 is 6.03 Å². The minimum atomic E-state index is -0.0868. The normalized spacial score (nSPS) is 14.3. The van der Waals surface area contributed by atoms with Gasteiger partial charge in [0.05, 0.1) is 6.61 Å². The van der Waals surface area contributed by atoms with E-state index in [-0.39, 0.29) is 6.03 Å². The molecule has 1 heterocycles. The van der Waals surface area contributed by atoms with Gasteiger partial charge in [-0.3, -0.25) is 0 Å². The van der Waals surface area contributed by atoms with Crippen molar-refractivity contribution in [2.24, 2.45) is 0 Å². The Kier molecular flexibility index (Phi) is 5.89. The molecule has 0 bridgehead atoms. The summed E-state index contributed by atoms with van der Waals surface area (Å²) in [6, 6.07) is 13.6. The van der Waals surface area contributed by atoms with Crippen LogP contribution in [0.25, 0.3) is 0 Å². The smallest absolute Gasteiger partial charge is 0.321 e. The highest BCUT2D eigenvalue weighted by Crippen LogP contribution is 2.22. The van der Waals surface area contributed by atoms with E-state index in [2.05, 4.69) is 22.3 Å².